The molecule has 1 fully saturated rings. The maximum absolute atomic E-state index is 13.1. The van der Waals surface area contributed by atoms with Crippen LogP contribution in [0.4, 0.5) is 5.69 Å². The molecule has 3 aromatic rings. The molecule has 0 saturated carbocycles. The number of imide groups is 1. The van der Waals surface area contributed by atoms with Crippen LogP contribution < -0.4 is 4.90 Å². The summed E-state index contributed by atoms with van der Waals surface area (Å²) in [5, 5.41) is 13.5. The van der Waals surface area contributed by atoms with Crippen molar-refractivity contribution in [2.75, 3.05) is 4.90 Å². The molecule has 2 aliphatic heterocycles. The Morgan fingerprint density at radius 3 is 2.45 bits per heavy atom. The summed E-state index contributed by atoms with van der Waals surface area (Å²) in [5.74, 6) is 0.356. The summed E-state index contributed by atoms with van der Waals surface area (Å²) < 4.78 is 5.32. The Kier molecular flexibility index (Phi) is 4.58. The monoisotopic (exact) mass is 416 g/mol. The number of anilines is 1. The Bertz CT molecular complexity index is 1160. The average Bonchev–Trinajstić information content (AvgIpc) is 3.47. The van der Waals surface area contributed by atoms with E-state index in [1.807, 2.05) is 42.5 Å². The van der Waals surface area contributed by atoms with Crippen molar-refractivity contribution in [3.8, 4) is 11.4 Å². The lowest BCUT2D eigenvalue weighted by Crippen LogP contribution is -2.39. The maximum Gasteiger partial charge on any atom is 0.263 e. The second-order valence-electron chi connectivity index (χ2n) is 7.83. The second kappa shape index (κ2) is 7.42. The number of carbonyl (C=O) groups is 2. The van der Waals surface area contributed by atoms with Gasteiger partial charge in [-0.25, -0.2) is 4.90 Å². The molecule has 0 aliphatic carbocycles. The molecular weight excluding hydrogens is 396 g/mol. The van der Waals surface area contributed by atoms with Gasteiger partial charge in [0.1, 0.15) is 6.54 Å². The van der Waals surface area contributed by atoms with E-state index >= 15 is 0 Å². The van der Waals surface area contributed by atoms with Crippen molar-refractivity contribution in [3.63, 3.8) is 0 Å². The van der Waals surface area contributed by atoms with Gasteiger partial charge < -0.3 is 4.52 Å². The molecule has 3 heterocycles. The van der Waals surface area contributed by atoms with Crippen LogP contribution in [0.5, 0.6) is 0 Å². The van der Waals surface area contributed by atoms with Crippen LogP contribution in [0.2, 0.25) is 0 Å². The van der Waals surface area contributed by atoms with Crippen LogP contribution in [0.3, 0.4) is 0 Å². The minimum Gasteiger partial charge on any atom is -0.337 e. The lowest BCUT2D eigenvalue weighted by atomic mass is 10.0. The molecule has 5 rings (SSSR count). The maximum atomic E-state index is 13.1. The lowest BCUT2D eigenvalue weighted by molar-refractivity contribution is -0.123. The van der Waals surface area contributed by atoms with Crippen LogP contribution >= 0.6 is 0 Å². The summed E-state index contributed by atoms with van der Waals surface area (Å²) >= 11 is 0. The first-order valence-electron chi connectivity index (χ1n) is 10.1. The summed E-state index contributed by atoms with van der Waals surface area (Å²) in [6, 6.07) is 15.2. The minimum absolute atomic E-state index is 0.0870. The number of hydrogen-bond acceptors (Lipinski definition) is 8. The molecule has 2 aliphatic rings. The topological polar surface area (TPSA) is 104 Å². The van der Waals surface area contributed by atoms with Crippen LogP contribution in [0, 0.1) is 0 Å². The SMILES string of the molecule is CC(C)c1ccc(N2C(=O)[C@@H]3[C@@H](N=NN3Cc3nc(-c4ccccc4)no3)C2=O)cc1. The van der Waals surface area contributed by atoms with Crippen LogP contribution in [0.25, 0.3) is 11.4 Å². The Labute approximate surface area is 178 Å². The van der Waals surface area contributed by atoms with Gasteiger partial charge in [0.05, 0.1) is 5.69 Å². The Morgan fingerprint density at radius 1 is 1.00 bits per heavy atom. The van der Waals surface area contributed by atoms with Gasteiger partial charge >= 0.3 is 0 Å². The highest BCUT2D eigenvalue weighted by Crippen LogP contribution is 2.33. The molecule has 1 aromatic heterocycles. The van der Waals surface area contributed by atoms with Crippen molar-refractivity contribution < 1.29 is 14.1 Å². The van der Waals surface area contributed by atoms with Crippen molar-refractivity contribution >= 4 is 17.5 Å². The molecular formula is C22H20N6O3. The highest BCUT2D eigenvalue weighted by molar-refractivity contribution is 6.25. The zero-order chi connectivity index (χ0) is 21.5. The molecule has 9 heteroatoms. The van der Waals surface area contributed by atoms with E-state index in [1.54, 1.807) is 12.1 Å². The molecule has 0 radical (unpaired) electrons. The third-order valence-electron chi connectivity index (χ3n) is 5.47. The van der Waals surface area contributed by atoms with Crippen molar-refractivity contribution in [1.29, 1.82) is 0 Å². The Balaban J connectivity index is 1.35. The van der Waals surface area contributed by atoms with E-state index in [0.29, 0.717) is 23.3 Å². The van der Waals surface area contributed by atoms with Gasteiger partial charge in [0.25, 0.3) is 11.8 Å². The number of benzene rings is 2. The number of nitrogens with zero attached hydrogens (tertiary/aromatic N) is 6. The number of aromatic nitrogens is 2. The summed E-state index contributed by atoms with van der Waals surface area (Å²) in [6.45, 7) is 4.26. The first kappa shape index (κ1) is 19.1. The second-order valence-corrected chi connectivity index (χ2v) is 7.83. The molecule has 31 heavy (non-hydrogen) atoms. The fraction of sp³-hybridized carbons (Fsp3) is 0.273. The van der Waals surface area contributed by atoms with Gasteiger partial charge in [-0.05, 0) is 23.6 Å². The molecule has 0 unspecified atom stereocenters. The number of rotatable bonds is 5. The van der Waals surface area contributed by atoms with Crippen molar-refractivity contribution in [1.82, 2.24) is 15.1 Å². The first-order chi connectivity index (χ1) is 15.0. The fourth-order valence-electron chi connectivity index (χ4n) is 3.78. The molecule has 2 aromatic carbocycles. The van der Waals surface area contributed by atoms with E-state index in [9.17, 15) is 9.59 Å². The lowest BCUT2D eigenvalue weighted by Gasteiger charge is -2.19. The van der Waals surface area contributed by atoms with Gasteiger partial charge in [-0.15, -0.1) is 0 Å². The van der Waals surface area contributed by atoms with Gasteiger partial charge in [0, 0.05) is 5.56 Å². The molecule has 1 saturated heterocycles. The predicted molar refractivity (Wildman–Crippen MR) is 111 cm³/mol. The largest absolute Gasteiger partial charge is 0.337 e. The van der Waals surface area contributed by atoms with Crippen LogP contribution in [0.1, 0.15) is 31.2 Å². The van der Waals surface area contributed by atoms with Gasteiger partial charge in [-0.1, -0.05) is 66.7 Å². The molecule has 0 spiro atoms. The fourth-order valence-corrected chi connectivity index (χ4v) is 3.78. The molecule has 9 nitrogen and oxygen atoms in total. The van der Waals surface area contributed by atoms with E-state index in [1.165, 1.54) is 9.91 Å². The van der Waals surface area contributed by atoms with E-state index in [2.05, 4.69) is 34.3 Å². The number of carbonyl (C=O) groups excluding carboxylic acids is 2. The highest BCUT2D eigenvalue weighted by Gasteiger charge is 2.55. The number of fused-ring (bicyclic) bond motifs is 1. The summed E-state index contributed by atoms with van der Waals surface area (Å²) in [6.07, 6.45) is 0. The Morgan fingerprint density at radius 2 is 1.74 bits per heavy atom. The predicted octanol–water partition coefficient (Wildman–Crippen LogP) is 3.35. The van der Waals surface area contributed by atoms with Crippen molar-refractivity contribution in [2.45, 2.75) is 38.4 Å². The standard InChI is InChI=1S/C22H20N6O3/c1-13(2)14-8-10-16(11-9-14)28-21(29)18-19(22(28)30)27(26-24-18)12-17-23-20(25-31-17)15-6-4-3-5-7-15/h3-11,13,18-19H,12H2,1-2H3/t18-,19+/m1/s1. The van der Waals surface area contributed by atoms with E-state index in [-0.39, 0.29) is 18.4 Å². The number of hydrogen-bond donors (Lipinski definition) is 0. The van der Waals surface area contributed by atoms with Crippen LogP contribution in [-0.4, -0.2) is 39.0 Å². The molecule has 156 valence electrons. The number of amides is 2. The zero-order valence-corrected chi connectivity index (χ0v) is 17.0. The molecule has 0 bridgehead atoms. The van der Waals surface area contributed by atoms with Gasteiger partial charge in [-0.2, -0.15) is 10.1 Å². The third-order valence-corrected chi connectivity index (χ3v) is 5.47. The summed E-state index contributed by atoms with van der Waals surface area (Å²) in [7, 11) is 0. The van der Waals surface area contributed by atoms with Crippen LogP contribution in [-0.2, 0) is 16.1 Å². The van der Waals surface area contributed by atoms with E-state index in [0.717, 1.165) is 11.1 Å². The average molecular weight is 416 g/mol. The Hall–Kier alpha value is -3.88. The summed E-state index contributed by atoms with van der Waals surface area (Å²) in [5.41, 5.74) is 2.49. The van der Waals surface area contributed by atoms with Gasteiger partial charge in [-0.3, -0.25) is 14.6 Å². The first-order valence-corrected chi connectivity index (χ1v) is 10.1. The molecule has 2 amide bonds. The third kappa shape index (κ3) is 3.27. The smallest absolute Gasteiger partial charge is 0.263 e. The van der Waals surface area contributed by atoms with E-state index < -0.39 is 12.1 Å². The minimum atomic E-state index is -0.867. The van der Waals surface area contributed by atoms with Crippen molar-refractivity contribution in [2.24, 2.45) is 10.3 Å². The van der Waals surface area contributed by atoms with Gasteiger partial charge in [0.2, 0.25) is 11.7 Å². The highest BCUT2D eigenvalue weighted by atomic mass is 16.5. The van der Waals surface area contributed by atoms with E-state index in [4.69, 9.17) is 4.52 Å². The molecule has 2 atom stereocenters. The normalized spacial score (nSPS) is 20.2. The van der Waals surface area contributed by atoms with Crippen molar-refractivity contribution in [3.05, 3.63) is 66.1 Å². The van der Waals surface area contributed by atoms with Crippen LogP contribution in [0.15, 0.2) is 69.5 Å². The molecule has 0 N–H and O–H groups in total. The van der Waals surface area contributed by atoms with Gasteiger partial charge in [0.15, 0.2) is 12.1 Å². The quantitative estimate of drug-likeness (QED) is 0.591. The zero-order valence-electron chi connectivity index (χ0n) is 17.0. The summed E-state index contributed by atoms with van der Waals surface area (Å²) in [4.78, 5) is 31.6.